The minimum Gasteiger partial charge on any atom is -0.390 e. The van der Waals surface area contributed by atoms with Gasteiger partial charge in [-0.2, -0.15) is 0 Å². The topological polar surface area (TPSA) is 126 Å². The fraction of sp³-hybridized carbons (Fsp3) is 0.654. The molecule has 8 nitrogen and oxygen atoms in total. The van der Waals surface area contributed by atoms with E-state index in [4.69, 9.17) is 5.73 Å². The summed E-state index contributed by atoms with van der Waals surface area (Å²) in [7, 11) is 3.45. The van der Waals surface area contributed by atoms with Gasteiger partial charge in [-0.1, -0.05) is 31.4 Å². The van der Waals surface area contributed by atoms with Crippen molar-refractivity contribution < 1.29 is 9.59 Å². The van der Waals surface area contributed by atoms with Gasteiger partial charge in [-0.3, -0.25) is 4.79 Å². The van der Waals surface area contributed by atoms with Crippen LogP contribution in [0.25, 0.3) is 0 Å². The number of hydrogen-bond acceptors (Lipinski definition) is 6. The largest absolute Gasteiger partial charge is 0.390 e. The summed E-state index contributed by atoms with van der Waals surface area (Å²) >= 11 is 0. The predicted molar refractivity (Wildman–Crippen MR) is 139 cm³/mol. The Morgan fingerprint density at radius 2 is 2.00 bits per heavy atom. The van der Waals surface area contributed by atoms with Crippen molar-refractivity contribution in [1.82, 2.24) is 15.5 Å². The number of aldehydes is 1. The molecule has 2 heterocycles. The van der Waals surface area contributed by atoms with Gasteiger partial charge < -0.3 is 31.8 Å². The number of aliphatic imine (C=N–C) groups is 1. The van der Waals surface area contributed by atoms with Crippen molar-refractivity contribution >= 4 is 24.2 Å². The number of hydrogen-bond donors (Lipinski definition) is 4. The molecule has 2 aliphatic heterocycles. The lowest BCUT2D eigenvalue weighted by Gasteiger charge is -2.42. The van der Waals surface area contributed by atoms with E-state index in [1.165, 1.54) is 51.1 Å². The maximum atomic E-state index is 12.7. The lowest BCUT2D eigenvalue weighted by molar-refractivity contribution is -0.139. The Kier molecular flexibility index (Phi) is 12.8. The number of likely N-dealkylation sites (tertiary alicyclic amines) is 1. The number of nitrogens with two attached hydrogens (primary N) is 2. The minimum absolute atomic E-state index is 0.0281. The molecule has 1 amide bonds. The number of carbonyl (C=O) groups excluding carboxylic acids is 2. The van der Waals surface area contributed by atoms with E-state index in [2.05, 4.69) is 27.4 Å². The number of nitrogens with one attached hydrogen (secondary N) is 2. The monoisotopic (exact) mass is 472 g/mol. The zero-order chi connectivity index (χ0) is 24.8. The molecule has 3 aliphatic rings. The van der Waals surface area contributed by atoms with Crippen LogP contribution in [0.4, 0.5) is 5.69 Å². The number of fused-ring (bicyclic) bond motifs is 1. The highest BCUT2D eigenvalue weighted by Gasteiger charge is 2.42. The van der Waals surface area contributed by atoms with E-state index >= 15 is 0 Å². The van der Waals surface area contributed by atoms with Crippen molar-refractivity contribution in [1.29, 1.82) is 0 Å². The highest BCUT2D eigenvalue weighted by Crippen LogP contribution is 2.37. The Morgan fingerprint density at radius 1 is 1.21 bits per heavy atom. The van der Waals surface area contributed by atoms with Gasteiger partial charge in [0.2, 0.25) is 5.91 Å². The van der Waals surface area contributed by atoms with E-state index in [1.807, 2.05) is 30.1 Å². The Bertz CT molecular complexity index is 769. The van der Waals surface area contributed by atoms with Crippen LogP contribution in [0.15, 0.2) is 29.3 Å². The molecule has 8 heteroatoms. The van der Waals surface area contributed by atoms with Crippen molar-refractivity contribution in [2.24, 2.45) is 28.3 Å². The molecule has 0 aromatic heterocycles. The van der Waals surface area contributed by atoms with E-state index in [9.17, 15) is 9.59 Å². The molecule has 2 saturated heterocycles. The first-order valence-corrected chi connectivity index (χ1v) is 12.7. The Balaban J connectivity index is 0.000000239. The Hall–Kier alpha value is -2.29. The quantitative estimate of drug-likeness (QED) is 0.285. The highest BCUT2D eigenvalue weighted by atomic mass is 16.2. The van der Waals surface area contributed by atoms with Crippen LogP contribution >= 0.6 is 0 Å². The number of carbonyl (C=O) groups is 2. The second-order valence-electron chi connectivity index (χ2n) is 9.11. The van der Waals surface area contributed by atoms with Gasteiger partial charge in [0, 0.05) is 6.54 Å². The molecule has 190 valence electrons. The molecular weight excluding hydrogens is 428 g/mol. The summed E-state index contributed by atoms with van der Waals surface area (Å²) in [5.41, 5.74) is 11.9. The molecule has 1 aliphatic carbocycles. The smallest absolute Gasteiger partial charge is 0.240 e. The van der Waals surface area contributed by atoms with Crippen molar-refractivity contribution in [2.45, 2.75) is 63.5 Å². The molecule has 3 unspecified atom stereocenters. The number of amides is 1. The van der Waals surface area contributed by atoms with Gasteiger partial charge in [0.15, 0.2) is 0 Å². The molecule has 4 atom stereocenters. The zero-order valence-electron chi connectivity index (χ0n) is 20.9. The van der Waals surface area contributed by atoms with Crippen molar-refractivity contribution in [3.8, 4) is 0 Å². The summed E-state index contributed by atoms with van der Waals surface area (Å²) in [6.07, 6.45) is 11.3. The van der Waals surface area contributed by atoms with Crippen molar-refractivity contribution in [2.75, 3.05) is 33.7 Å². The molecule has 34 heavy (non-hydrogen) atoms. The number of likely N-dealkylation sites (N-methyl/N-ethyl adjacent to an activating group) is 1. The van der Waals surface area contributed by atoms with E-state index in [0.29, 0.717) is 5.92 Å². The van der Waals surface area contributed by atoms with Crippen LogP contribution in [0.1, 0.15) is 50.5 Å². The first-order chi connectivity index (χ1) is 16.7. The Morgan fingerprint density at radius 3 is 2.74 bits per heavy atom. The van der Waals surface area contributed by atoms with Crippen LogP contribution in [0.2, 0.25) is 0 Å². The Labute approximate surface area is 204 Å². The summed E-state index contributed by atoms with van der Waals surface area (Å²) in [6.45, 7) is 2.70. The highest BCUT2D eigenvalue weighted by molar-refractivity contribution is 5.85. The van der Waals surface area contributed by atoms with Gasteiger partial charge >= 0.3 is 0 Å². The van der Waals surface area contributed by atoms with Gasteiger partial charge in [0.05, 0.1) is 24.1 Å². The SMILES string of the molecule is CN.CNCCc1cccc(N=CN)c1.O=C[C@@H]1CCCN1C(=O)C1NCCC2CCCCC21. The van der Waals surface area contributed by atoms with Crippen LogP contribution in [-0.2, 0) is 16.0 Å². The van der Waals surface area contributed by atoms with Crippen LogP contribution in [0.3, 0.4) is 0 Å². The summed E-state index contributed by atoms with van der Waals surface area (Å²) in [5, 5.41) is 6.54. The third kappa shape index (κ3) is 7.89. The molecule has 0 radical (unpaired) electrons. The number of benzene rings is 1. The molecule has 1 saturated carbocycles. The zero-order valence-corrected chi connectivity index (χ0v) is 20.9. The lowest BCUT2D eigenvalue weighted by atomic mass is 9.71. The second kappa shape index (κ2) is 15.6. The van der Waals surface area contributed by atoms with E-state index < -0.39 is 0 Å². The molecule has 3 fully saturated rings. The van der Waals surface area contributed by atoms with E-state index in [1.54, 1.807) is 0 Å². The van der Waals surface area contributed by atoms with Gasteiger partial charge in [-0.15, -0.1) is 0 Å². The first kappa shape index (κ1) is 28.0. The van der Waals surface area contributed by atoms with Crippen LogP contribution in [0, 0.1) is 11.8 Å². The minimum atomic E-state index is -0.168. The van der Waals surface area contributed by atoms with Gasteiger partial charge in [-0.05, 0) is 88.8 Å². The second-order valence-corrected chi connectivity index (χ2v) is 9.11. The summed E-state index contributed by atoms with van der Waals surface area (Å²) < 4.78 is 0. The predicted octanol–water partition coefficient (Wildman–Crippen LogP) is 1.99. The molecule has 0 spiro atoms. The normalized spacial score (nSPS) is 26.0. The van der Waals surface area contributed by atoms with Crippen LogP contribution in [-0.4, -0.2) is 69.2 Å². The third-order valence-corrected chi connectivity index (χ3v) is 7.08. The molecule has 0 bridgehead atoms. The van der Waals surface area contributed by atoms with Gasteiger partial charge in [0.1, 0.15) is 6.29 Å². The summed E-state index contributed by atoms with van der Waals surface area (Å²) in [6, 6.07) is 7.87. The van der Waals surface area contributed by atoms with Crippen LogP contribution < -0.4 is 22.1 Å². The fourth-order valence-corrected chi connectivity index (χ4v) is 5.41. The maximum absolute atomic E-state index is 12.7. The standard InChI is InChI=1S/C15H24N2O2.C10H15N3.CH5N/c18-10-12-5-3-9-17(12)15(19)14-13-6-2-1-4-11(13)7-8-16-14;1-12-6-5-9-3-2-4-10(7-9)13-8-11;1-2/h10-14,16H,1-9H2;2-4,7-8,12H,5-6H2,1H3,(H2,11,13);2H2,1H3/t11?,12-,13?,14?;;/m0../s1. The van der Waals surface area contributed by atoms with Gasteiger partial charge in [0.25, 0.3) is 0 Å². The first-order valence-electron chi connectivity index (χ1n) is 12.7. The van der Waals surface area contributed by atoms with Crippen LogP contribution in [0.5, 0.6) is 0 Å². The number of rotatable bonds is 6. The molecule has 1 aromatic carbocycles. The average molecular weight is 473 g/mol. The third-order valence-electron chi connectivity index (χ3n) is 7.08. The number of nitrogens with zero attached hydrogens (tertiary/aromatic N) is 2. The molecular formula is C26H44N6O2. The van der Waals surface area contributed by atoms with Crippen molar-refractivity contribution in [3.63, 3.8) is 0 Å². The average Bonchev–Trinajstić information content (AvgIpc) is 3.38. The molecule has 1 aromatic rings. The number of piperidine rings is 1. The van der Waals surface area contributed by atoms with Gasteiger partial charge in [-0.25, -0.2) is 4.99 Å². The lowest BCUT2D eigenvalue weighted by Crippen LogP contribution is -2.57. The maximum Gasteiger partial charge on any atom is 0.240 e. The fourth-order valence-electron chi connectivity index (χ4n) is 5.41. The summed E-state index contributed by atoms with van der Waals surface area (Å²) in [4.78, 5) is 29.6. The summed E-state index contributed by atoms with van der Waals surface area (Å²) in [5.74, 6) is 1.41. The molecule has 4 rings (SSSR count). The van der Waals surface area contributed by atoms with Crippen molar-refractivity contribution in [3.05, 3.63) is 29.8 Å². The van der Waals surface area contributed by atoms with E-state index in [0.717, 1.165) is 56.8 Å². The van der Waals surface area contributed by atoms with E-state index in [-0.39, 0.29) is 18.0 Å². The molecule has 6 N–H and O–H groups in total.